The first kappa shape index (κ1) is 42.4. The third-order valence-corrected chi connectivity index (χ3v) is 18.3. The summed E-state index contributed by atoms with van der Waals surface area (Å²) >= 11 is 0. The number of halogens is 1. The number of carbonyl (C=O) groups is 3. The van der Waals surface area contributed by atoms with Gasteiger partial charge in [0.2, 0.25) is 23.7 Å². The normalized spacial score (nSPS) is 25.9. The maximum Gasteiger partial charge on any atom is 0.329 e. The molecule has 3 amide bonds. The summed E-state index contributed by atoms with van der Waals surface area (Å²) in [6.45, 7) is 4.17. The number of nitrogens with zero attached hydrogens (tertiary/aromatic N) is 7. The van der Waals surface area contributed by atoms with Gasteiger partial charge in [-0.15, -0.1) is 0 Å². The van der Waals surface area contributed by atoms with E-state index in [4.69, 9.17) is 4.98 Å². The number of amides is 3. The van der Waals surface area contributed by atoms with Crippen LogP contribution in [0, 0.1) is 17.2 Å². The third-order valence-electron chi connectivity index (χ3n) is 16.1. The van der Waals surface area contributed by atoms with Crippen LogP contribution in [0.3, 0.4) is 0 Å². The average Bonchev–Trinajstić information content (AvgIpc) is 4.00. The molecule has 16 nitrogen and oxygen atoms in total. The van der Waals surface area contributed by atoms with Crippen LogP contribution in [-0.2, 0) is 36.7 Å². The van der Waals surface area contributed by atoms with Crippen LogP contribution in [0.4, 0.5) is 27.5 Å². The summed E-state index contributed by atoms with van der Waals surface area (Å²) in [5, 5.41) is 15.5. The first-order valence-electron chi connectivity index (χ1n) is 23.4. The van der Waals surface area contributed by atoms with Crippen molar-refractivity contribution in [3.63, 3.8) is 0 Å². The van der Waals surface area contributed by atoms with Crippen LogP contribution in [0.1, 0.15) is 101 Å². The highest BCUT2D eigenvalue weighted by Crippen LogP contribution is 2.58. The largest absolute Gasteiger partial charge is 0.393 e. The molecule has 11 rings (SSSR count). The molecule has 3 aliphatic carbocycles. The lowest BCUT2D eigenvalue weighted by Gasteiger charge is -2.52. The molecule has 3 atom stereocenters. The fraction of sp³-hybridized carbons (Fsp3) is 0.574. The molecular weight excluding hydrogens is 854 g/mol. The number of aliphatic hydroxyl groups excluding tert-OH is 1. The lowest BCUT2D eigenvalue weighted by Crippen LogP contribution is -2.52. The highest BCUT2D eigenvalue weighted by Gasteiger charge is 2.61. The molecule has 344 valence electrons. The quantitative estimate of drug-likeness (QED) is 0.198. The predicted molar refractivity (Wildman–Crippen MR) is 240 cm³/mol. The summed E-state index contributed by atoms with van der Waals surface area (Å²) in [4.78, 5) is 67.2. The zero-order valence-corrected chi connectivity index (χ0v) is 37.5. The van der Waals surface area contributed by atoms with Gasteiger partial charge >= 0.3 is 5.69 Å². The number of imide groups is 1. The Bertz CT molecular complexity index is 2770. The number of anilines is 4. The molecule has 0 bridgehead atoms. The van der Waals surface area contributed by atoms with Crippen molar-refractivity contribution in [3.05, 3.63) is 64.5 Å². The molecule has 3 saturated carbocycles. The van der Waals surface area contributed by atoms with Crippen LogP contribution in [0.5, 0.6) is 0 Å². The lowest BCUT2D eigenvalue weighted by molar-refractivity contribution is -0.135. The average molecular weight is 910 g/mol. The number of hydrogen-bond donors (Lipinski definition) is 3. The zero-order chi connectivity index (χ0) is 45.0. The van der Waals surface area contributed by atoms with Crippen LogP contribution in [0.2, 0.25) is 0 Å². The molecule has 3 N–H and O–H groups in total. The fourth-order valence-corrected chi connectivity index (χ4v) is 14.2. The summed E-state index contributed by atoms with van der Waals surface area (Å²) in [5.74, 6) is 0.0653. The summed E-state index contributed by atoms with van der Waals surface area (Å²) in [6, 6.07) is 9.22. The van der Waals surface area contributed by atoms with E-state index < -0.39 is 50.1 Å². The van der Waals surface area contributed by atoms with E-state index in [1.807, 2.05) is 9.80 Å². The van der Waals surface area contributed by atoms with E-state index in [2.05, 4.69) is 20.5 Å². The molecule has 2 spiro atoms. The van der Waals surface area contributed by atoms with Gasteiger partial charge in [-0.3, -0.25) is 33.7 Å². The summed E-state index contributed by atoms with van der Waals surface area (Å²) in [7, 11) is -2.01. The molecule has 7 aliphatic rings. The SMILES string of the molecule is Cn1c(=O)n(C2CCC(=O)NC2=O)c2ccc(N3CCC(CN4CCC5(CC4)CC(S(=O)(=O)c4ccc(Nc6ncc7c(n6)N(C6CCC[C@@H](O)C6)C(=O)C76CC6)cc4)C5)CC3)c(F)c21. The van der Waals surface area contributed by atoms with E-state index in [0.29, 0.717) is 71.8 Å². The van der Waals surface area contributed by atoms with E-state index in [-0.39, 0.29) is 41.6 Å². The van der Waals surface area contributed by atoms with E-state index in [1.54, 1.807) is 42.6 Å². The van der Waals surface area contributed by atoms with E-state index >= 15 is 4.39 Å². The van der Waals surface area contributed by atoms with Gasteiger partial charge in [-0.1, -0.05) is 0 Å². The summed E-state index contributed by atoms with van der Waals surface area (Å²) < 4.78 is 46.4. The third kappa shape index (κ3) is 7.16. The Balaban J connectivity index is 0.666. The number of piperidine rings is 3. The van der Waals surface area contributed by atoms with E-state index in [0.717, 1.165) is 83.0 Å². The molecule has 6 fully saturated rings. The second-order valence-corrected chi connectivity index (χ2v) is 22.3. The number of aryl methyl sites for hydroxylation is 1. The summed E-state index contributed by atoms with van der Waals surface area (Å²) in [5.41, 5.74) is 1.46. The topological polar surface area (TPSA) is 192 Å². The number of aromatic nitrogens is 4. The van der Waals surface area contributed by atoms with Gasteiger partial charge in [-0.05, 0) is 144 Å². The number of hydrogen-bond acceptors (Lipinski definition) is 12. The monoisotopic (exact) mass is 909 g/mol. The molecule has 65 heavy (non-hydrogen) atoms. The van der Waals surface area contributed by atoms with Crippen LogP contribution >= 0.6 is 0 Å². The maximum absolute atomic E-state index is 16.2. The molecule has 3 saturated heterocycles. The van der Waals surface area contributed by atoms with E-state index in [9.17, 15) is 32.7 Å². The number of likely N-dealkylation sites (tertiary alicyclic amines) is 1. The number of carbonyl (C=O) groups excluding carboxylic acids is 3. The molecule has 2 aromatic heterocycles. The summed E-state index contributed by atoms with van der Waals surface area (Å²) in [6.07, 6.45) is 11.2. The Kier molecular flexibility index (Phi) is 10.3. The number of sulfone groups is 1. The fourth-order valence-electron chi connectivity index (χ4n) is 12.1. The van der Waals surface area contributed by atoms with Crippen molar-refractivity contribution in [1.29, 1.82) is 0 Å². The van der Waals surface area contributed by atoms with Crippen molar-refractivity contribution < 1.29 is 32.3 Å². The van der Waals surface area contributed by atoms with Gasteiger partial charge in [0.05, 0.1) is 32.9 Å². The number of rotatable bonds is 9. The van der Waals surface area contributed by atoms with Gasteiger partial charge in [0, 0.05) is 56.6 Å². The van der Waals surface area contributed by atoms with Gasteiger partial charge in [0.15, 0.2) is 15.7 Å². The smallest absolute Gasteiger partial charge is 0.329 e. The Morgan fingerprint density at radius 3 is 2.35 bits per heavy atom. The van der Waals surface area contributed by atoms with Crippen molar-refractivity contribution in [2.24, 2.45) is 18.4 Å². The Hall–Kier alpha value is -5.20. The highest BCUT2D eigenvalue weighted by atomic mass is 32.2. The second-order valence-electron chi connectivity index (χ2n) is 20.1. The van der Waals surface area contributed by atoms with Gasteiger partial charge in [0.1, 0.15) is 17.4 Å². The molecule has 4 aromatic rings. The minimum atomic E-state index is -3.52. The van der Waals surface area contributed by atoms with Crippen molar-refractivity contribution in [1.82, 2.24) is 29.3 Å². The van der Waals surface area contributed by atoms with Gasteiger partial charge in [-0.2, -0.15) is 4.98 Å². The van der Waals surface area contributed by atoms with Crippen molar-refractivity contribution in [2.75, 3.05) is 47.8 Å². The van der Waals surface area contributed by atoms with E-state index in [1.165, 1.54) is 16.2 Å². The standard InChI is InChI=1S/C47H56FN9O7S/c1-53-40-36(57(45(53)62)37-11-12-38(59)51-42(37)60)10-9-35(39(40)48)55-19-13-28(14-20-55)27-54-21-17-46(18-22-54)24-33(25-46)65(63,64)32-7-5-29(6-8-32)50-44-49-26-34-41(52-44)56(43(61)47(34)15-16-47)30-3-2-4-31(58)23-30/h5-10,26,28,30-31,33,37,58H,2-4,11-25,27H2,1H3,(H,49,50,52)(H,51,59,60)/t30?,31-,37?/m1/s1. The Morgan fingerprint density at radius 2 is 1.66 bits per heavy atom. The van der Waals surface area contributed by atoms with Gasteiger partial charge in [0.25, 0.3) is 0 Å². The van der Waals surface area contributed by atoms with Gasteiger partial charge in [-0.25, -0.2) is 22.6 Å². The van der Waals surface area contributed by atoms with Crippen LogP contribution in [-0.4, -0.2) is 105 Å². The molecule has 6 heterocycles. The number of fused-ring (bicyclic) bond motifs is 3. The number of imidazole rings is 1. The van der Waals surface area contributed by atoms with Gasteiger partial charge < -0.3 is 20.2 Å². The second kappa shape index (κ2) is 15.7. The van der Waals surface area contributed by atoms with Crippen LogP contribution in [0.25, 0.3) is 11.0 Å². The first-order valence-corrected chi connectivity index (χ1v) is 25.0. The van der Waals surface area contributed by atoms with Crippen LogP contribution < -0.4 is 26.1 Å². The van der Waals surface area contributed by atoms with Crippen molar-refractivity contribution >= 4 is 61.7 Å². The van der Waals surface area contributed by atoms with Crippen LogP contribution in [0.15, 0.2) is 52.3 Å². The molecular formula is C47H56FN9O7S. The highest BCUT2D eigenvalue weighted by molar-refractivity contribution is 7.92. The zero-order valence-electron chi connectivity index (χ0n) is 36.7. The molecule has 2 unspecified atom stereocenters. The van der Waals surface area contributed by atoms with Crippen molar-refractivity contribution in [2.45, 2.75) is 124 Å². The molecule has 18 heteroatoms. The number of aliphatic hydroxyl groups is 1. The molecule has 2 aromatic carbocycles. The maximum atomic E-state index is 16.2. The molecule has 0 radical (unpaired) electrons. The van der Waals surface area contributed by atoms with Crippen molar-refractivity contribution in [3.8, 4) is 0 Å². The minimum Gasteiger partial charge on any atom is -0.393 e. The minimum absolute atomic E-state index is 0.0431. The Labute approximate surface area is 376 Å². The number of benzene rings is 2. The first-order chi connectivity index (χ1) is 31.2. The predicted octanol–water partition coefficient (Wildman–Crippen LogP) is 4.61. The number of nitrogens with one attached hydrogen (secondary N) is 2. The lowest BCUT2D eigenvalue weighted by atomic mass is 9.63. The Morgan fingerprint density at radius 1 is 0.923 bits per heavy atom. The molecule has 4 aliphatic heterocycles.